The minimum atomic E-state index is -3.89. The van der Waals surface area contributed by atoms with E-state index in [0.29, 0.717) is 22.9 Å². The first-order valence-corrected chi connectivity index (χ1v) is 12.0. The second kappa shape index (κ2) is 14.7. The summed E-state index contributed by atoms with van der Waals surface area (Å²) in [5, 5.41) is 3.97. The molecule has 0 saturated carbocycles. The molecule has 0 spiro atoms. The van der Waals surface area contributed by atoms with E-state index in [1.807, 2.05) is 39.8 Å². The van der Waals surface area contributed by atoms with E-state index < -0.39 is 10.0 Å². The summed E-state index contributed by atoms with van der Waals surface area (Å²) in [5.74, 6) is 0.484. The molecule has 1 aromatic carbocycles. The van der Waals surface area contributed by atoms with Gasteiger partial charge in [-0.2, -0.15) is 0 Å². The molecule has 0 aliphatic carbocycles. The molecular formula is C23H38Li2N2O2S. The van der Waals surface area contributed by atoms with Crippen LogP contribution in [-0.2, 0) is 10.0 Å². The monoisotopic (exact) mass is 420 g/mol. The first-order valence-electron chi connectivity index (χ1n) is 10.5. The predicted octanol–water partition coefficient (Wildman–Crippen LogP) is 1.29. The van der Waals surface area contributed by atoms with E-state index >= 15 is 0 Å². The van der Waals surface area contributed by atoms with Crippen LogP contribution in [0.5, 0.6) is 0 Å². The van der Waals surface area contributed by atoms with Gasteiger partial charge in [-0.05, 0) is 40.9 Å². The zero-order valence-corrected chi connectivity index (χ0v) is 21.6. The standard InChI is InChI=1S/C23H38N2O2S.2Li/c1-9-10-11-12-13-19(8)24-25-28(26,27)23-21(17(4)5)14-20(16(2)3)15-22(23)18(6)7;;/h14-18H,8-13H2,1-7H3;;/q-2;2*+1/b24-19+;;. The molecule has 30 heavy (non-hydrogen) atoms. The molecule has 0 atom stereocenters. The minimum Gasteiger partial charge on any atom is -0.493 e. The molecule has 1 aromatic rings. The van der Waals surface area contributed by atoms with Crippen LogP contribution in [0.3, 0.4) is 0 Å². The van der Waals surface area contributed by atoms with Crippen LogP contribution in [0.2, 0.25) is 0 Å². The summed E-state index contributed by atoms with van der Waals surface area (Å²) >= 11 is 0. The maximum atomic E-state index is 13.1. The van der Waals surface area contributed by atoms with Crippen LogP contribution in [0.25, 0.3) is 4.83 Å². The molecule has 0 saturated heterocycles. The van der Waals surface area contributed by atoms with Crippen LogP contribution in [0.4, 0.5) is 0 Å². The van der Waals surface area contributed by atoms with Crippen LogP contribution in [0, 0.1) is 6.92 Å². The van der Waals surface area contributed by atoms with Crippen LogP contribution >= 0.6 is 0 Å². The van der Waals surface area contributed by atoms with Crippen molar-refractivity contribution in [3.63, 3.8) is 0 Å². The molecule has 0 aliphatic rings. The first-order chi connectivity index (χ1) is 13.0. The Labute approximate surface area is 209 Å². The Kier molecular flexibility index (Phi) is 15.6. The van der Waals surface area contributed by atoms with Crippen LogP contribution in [-0.4, -0.2) is 14.1 Å². The fourth-order valence-electron chi connectivity index (χ4n) is 3.15. The van der Waals surface area contributed by atoms with E-state index in [9.17, 15) is 8.42 Å². The third-order valence-corrected chi connectivity index (χ3v) is 6.23. The fraction of sp³-hybridized carbons (Fsp3) is 0.652. The molecule has 7 heteroatoms. The predicted molar refractivity (Wildman–Crippen MR) is 121 cm³/mol. The van der Waals surface area contributed by atoms with E-state index in [-0.39, 0.29) is 49.6 Å². The molecule has 4 nitrogen and oxygen atoms in total. The molecule has 1 rings (SSSR count). The number of unbranched alkanes of at least 4 members (excludes halogenated alkanes) is 3. The van der Waals surface area contributed by atoms with Gasteiger partial charge in [0.1, 0.15) is 10.0 Å². The molecule has 0 radical (unpaired) electrons. The van der Waals surface area contributed by atoms with Gasteiger partial charge in [-0.15, -0.1) is 5.71 Å². The van der Waals surface area contributed by atoms with Gasteiger partial charge < -0.3 is 16.9 Å². The van der Waals surface area contributed by atoms with Gasteiger partial charge in [0, 0.05) is 0 Å². The van der Waals surface area contributed by atoms with E-state index in [2.05, 4.69) is 37.6 Å². The zero-order valence-electron chi connectivity index (χ0n) is 20.7. The summed E-state index contributed by atoms with van der Waals surface area (Å²) in [6, 6.07) is 4.03. The van der Waals surface area contributed by atoms with Gasteiger partial charge in [0.25, 0.3) is 0 Å². The van der Waals surface area contributed by atoms with Crippen LogP contribution < -0.4 is 37.7 Å². The Morgan fingerprint density at radius 2 is 1.43 bits per heavy atom. The SMILES string of the molecule is [CH2-]/C(CCCCCC)=N\[N-]S(=O)(=O)c1c(C(C)C)cc(C(C)C)cc1C(C)C.[Li+].[Li+]. The number of hydrogen-bond acceptors (Lipinski definition) is 3. The maximum Gasteiger partial charge on any atom is 1.00 e. The minimum absolute atomic E-state index is 0. The summed E-state index contributed by atoms with van der Waals surface area (Å²) in [7, 11) is -3.89. The zero-order chi connectivity index (χ0) is 21.5. The van der Waals surface area contributed by atoms with E-state index in [0.717, 1.165) is 36.0 Å². The maximum absolute atomic E-state index is 13.1. The van der Waals surface area contributed by atoms with Crippen molar-refractivity contribution in [2.75, 3.05) is 0 Å². The summed E-state index contributed by atoms with van der Waals surface area (Å²) in [4.78, 5) is 4.11. The van der Waals surface area contributed by atoms with Crippen molar-refractivity contribution >= 4 is 15.7 Å². The molecular weight excluding hydrogens is 382 g/mol. The van der Waals surface area contributed by atoms with Gasteiger partial charge in [-0.25, -0.2) is 8.42 Å². The van der Waals surface area contributed by atoms with Gasteiger partial charge in [-0.1, -0.05) is 86.3 Å². The number of hydrogen-bond donors (Lipinski definition) is 0. The molecule has 0 fully saturated rings. The van der Waals surface area contributed by atoms with Gasteiger partial charge in [-0.3, -0.25) is 0 Å². The largest absolute Gasteiger partial charge is 1.00 e. The molecule has 0 heterocycles. The van der Waals surface area contributed by atoms with Crippen molar-refractivity contribution in [3.8, 4) is 0 Å². The van der Waals surface area contributed by atoms with Crippen LogP contribution in [0.15, 0.2) is 22.1 Å². The van der Waals surface area contributed by atoms with E-state index in [1.54, 1.807) is 0 Å². The Bertz CT molecular complexity index is 744. The molecule has 0 unspecified atom stereocenters. The smallest absolute Gasteiger partial charge is 0.493 e. The van der Waals surface area contributed by atoms with Crippen molar-refractivity contribution in [1.82, 2.24) is 0 Å². The molecule has 0 N–H and O–H groups in total. The topological polar surface area (TPSA) is 60.6 Å². The fourth-order valence-corrected chi connectivity index (χ4v) is 4.64. The second-order valence-electron chi connectivity index (χ2n) is 8.53. The Morgan fingerprint density at radius 3 is 1.83 bits per heavy atom. The number of benzene rings is 1. The number of rotatable bonds is 11. The van der Waals surface area contributed by atoms with Gasteiger partial charge in [0.2, 0.25) is 0 Å². The molecule has 0 bridgehead atoms. The summed E-state index contributed by atoms with van der Waals surface area (Å²) < 4.78 is 26.3. The third-order valence-electron chi connectivity index (χ3n) is 4.95. The quantitative estimate of drug-likeness (QED) is 0.178. The van der Waals surface area contributed by atoms with Crippen LogP contribution in [0.1, 0.15) is 115 Å². The molecule has 0 aliphatic heterocycles. The van der Waals surface area contributed by atoms with Gasteiger partial charge in [0.15, 0.2) is 0 Å². The van der Waals surface area contributed by atoms with Crippen molar-refractivity contribution in [2.45, 2.75) is 103 Å². The molecule has 0 aromatic heterocycles. The van der Waals surface area contributed by atoms with Gasteiger partial charge >= 0.3 is 37.7 Å². The Hall–Kier alpha value is -0.295. The average molecular weight is 421 g/mol. The normalized spacial score (nSPS) is 12.1. The van der Waals surface area contributed by atoms with Gasteiger partial charge in [0.05, 0.1) is 4.90 Å². The van der Waals surface area contributed by atoms with E-state index in [1.165, 1.54) is 6.42 Å². The number of nitrogens with zero attached hydrogens (tertiary/aromatic N) is 2. The van der Waals surface area contributed by atoms with Crippen molar-refractivity contribution in [2.24, 2.45) is 5.10 Å². The van der Waals surface area contributed by atoms with Crippen molar-refractivity contribution in [3.05, 3.63) is 40.6 Å². The summed E-state index contributed by atoms with van der Waals surface area (Å²) in [6.07, 6.45) is 5.07. The summed E-state index contributed by atoms with van der Waals surface area (Å²) in [5.41, 5.74) is 3.32. The second-order valence-corrected chi connectivity index (χ2v) is 10.0. The summed E-state index contributed by atoms with van der Waals surface area (Å²) in [6.45, 7) is 18.4. The Morgan fingerprint density at radius 1 is 0.933 bits per heavy atom. The van der Waals surface area contributed by atoms with Crippen molar-refractivity contribution < 1.29 is 46.1 Å². The number of sulfonamides is 1. The Balaban J connectivity index is 0. The van der Waals surface area contributed by atoms with E-state index in [4.69, 9.17) is 0 Å². The van der Waals surface area contributed by atoms with Crippen molar-refractivity contribution in [1.29, 1.82) is 0 Å². The average Bonchev–Trinajstić information content (AvgIpc) is 2.62. The first kappa shape index (κ1) is 31.9. The molecule has 0 amide bonds. The molecule has 160 valence electrons. The third kappa shape index (κ3) is 9.46.